The smallest absolute Gasteiger partial charge is 0.397 e. The number of nitrogens with one attached hydrogen (secondary N) is 1. The van der Waals surface area contributed by atoms with Crippen molar-refractivity contribution in [3.05, 3.63) is 40.6 Å². The van der Waals surface area contributed by atoms with Gasteiger partial charge in [-0.3, -0.25) is 0 Å². The number of nitrogen functional groups attached to an aromatic ring is 1. The summed E-state index contributed by atoms with van der Waals surface area (Å²) < 4.78 is 48.2. The molecule has 110 valence electrons. The Morgan fingerprint density at radius 3 is 2.57 bits per heavy atom. The number of ether oxygens (including phenoxy) is 2. The summed E-state index contributed by atoms with van der Waals surface area (Å²) in [5.74, 6) is -0.680. The first-order valence-electron chi connectivity index (χ1n) is 5.75. The van der Waals surface area contributed by atoms with E-state index in [9.17, 15) is 13.2 Å². The van der Waals surface area contributed by atoms with Crippen molar-refractivity contribution in [3.8, 4) is 11.5 Å². The minimum absolute atomic E-state index is 0.0690. The van der Waals surface area contributed by atoms with E-state index in [2.05, 4.69) is 30.7 Å². The molecule has 1 aliphatic heterocycles. The standard InChI is InChI=1S/C13H8BrF3N2O2/c14-7-4-9(18)10(5-8(7)15)19-6-1-2-11-12(3-6)21-13(16,17)20-11/h1-5,19H,18H2. The van der Waals surface area contributed by atoms with Crippen LogP contribution < -0.4 is 20.5 Å². The topological polar surface area (TPSA) is 56.5 Å². The summed E-state index contributed by atoms with van der Waals surface area (Å²) in [6, 6.07) is 6.72. The maximum Gasteiger partial charge on any atom is 0.586 e. The molecule has 0 bridgehead atoms. The van der Waals surface area contributed by atoms with Crippen LogP contribution in [-0.4, -0.2) is 6.29 Å². The van der Waals surface area contributed by atoms with Crippen LogP contribution in [0, 0.1) is 5.82 Å². The molecule has 3 rings (SSSR count). The number of benzene rings is 2. The van der Waals surface area contributed by atoms with Crippen molar-refractivity contribution < 1.29 is 22.6 Å². The quantitative estimate of drug-likeness (QED) is 0.786. The summed E-state index contributed by atoms with van der Waals surface area (Å²) in [4.78, 5) is 0. The van der Waals surface area contributed by atoms with Crippen LogP contribution in [0.3, 0.4) is 0 Å². The predicted molar refractivity (Wildman–Crippen MR) is 74.4 cm³/mol. The second-order valence-electron chi connectivity index (χ2n) is 4.31. The molecule has 2 aromatic rings. The van der Waals surface area contributed by atoms with Gasteiger partial charge in [0.05, 0.1) is 15.8 Å². The molecule has 0 unspecified atom stereocenters. The van der Waals surface area contributed by atoms with Gasteiger partial charge in [0.15, 0.2) is 11.5 Å². The van der Waals surface area contributed by atoms with Crippen molar-refractivity contribution in [1.82, 2.24) is 0 Å². The average molecular weight is 361 g/mol. The van der Waals surface area contributed by atoms with Crippen LogP contribution in [0.2, 0.25) is 0 Å². The summed E-state index contributed by atoms with van der Waals surface area (Å²) >= 11 is 3.02. The van der Waals surface area contributed by atoms with Crippen LogP contribution in [-0.2, 0) is 0 Å². The molecule has 0 amide bonds. The zero-order chi connectivity index (χ0) is 15.2. The van der Waals surface area contributed by atoms with E-state index in [1.807, 2.05) is 0 Å². The largest absolute Gasteiger partial charge is 0.586 e. The molecule has 8 heteroatoms. The van der Waals surface area contributed by atoms with Crippen LogP contribution in [0.4, 0.5) is 30.2 Å². The third-order valence-electron chi connectivity index (χ3n) is 2.77. The molecule has 0 fully saturated rings. The third-order valence-corrected chi connectivity index (χ3v) is 3.38. The molecule has 0 aliphatic carbocycles. The fourth-order valence-corrected chi connectivity index (χ4v) is 2.21. The second kappa shape index (κ2) is 4.73. The molecular formula is C13H8BrF3N2O2. The molecule has 1 aliphatic rings. The lowest BCUT2D eigenvalue weighted by atomic mass is 10.2. The van der Waals surface area contributed by atoms with Gasteiger partial charge in [0.2, 0.25) is 0 Å². The number of rotatable bonds is 2. The summed E-state index contributed by atoms with van der Waals surface area (Å²) in [7, 11) is 0. The molecule has 21 heavy (non-hydrogen) atoms. The Bertz CT molecular complexity index is 725. The number of nitrogens with two attached hydrogens (primary N) is 1. The highest BCUT2D eigenvalue weighted by Gasteiger charge is 2.43. The summed E-state index contributed by atoms with van der Waals surface area (Å²) in [5.41, 5.74) is 6.77. The van der Waals surface area contributed by atoms with Gasteiger partial charge in [-0.2, -0.15) is 0 Å². The summed E-state index contributed by atoms with van der Waals surface area (Å²) in [6.45, 7) is 0. The van der Waals surface area contributed by atoms with Gasteiger partial charge in [0, 0.05) is 17.8 Å². The lowest BCUT2D eigenvalue weighted by Gasteiger charge is -2.10. The van der Waals surface area contributed by atoms with E-state index >= 15 is 0 Å². The van der Waals surface area contributed by atoms with E-state index < -0.39 is 12.1 Å². The number of hydrogen-bond donors (Lipinski definition) is 2. The number of hydrogen-bond acceptors (Lipinski definition) is 4. The Kier molecular flexibility index (Phi) is 3.12. The molecule has 0 saturated carbocycles. The minimum atomic E-state index is -3.68. The van der Waals surface area contributed by atoms with E-state index in [0.717, 1.165) is 0 Å². The normalized spacial score (nSPS) is 15.0. The highest BCUT2D eigenvalue weighted by molar-refractivity contribution is 9.10. The van der Waals surface area contributed by atoms with Gasteiger partial charge in [-0.05, 0) is 34.1 Å². The zero-order valence-corrected chi connectivity index (χ0v) is 11.9. The molecule has 0 spiro atoms. The van der Waals surface area contributed by atoms with Gasteiger partial charge in [0.25, 0.3) is 0 Å². The molecule has 4 nitrogen and oxygen atoms in total. The van der Waals surface area contributed by atoms with E-state index in [-0.39, 0.29) is 16.0 Å². The van der Waals surface area contributed by atoms with Gasteiger partial charge in [-0.15, -0.1) is 8.78 Å². The Labute approximate surface area is 125 Å². The number of fused-ring (bicyclic) bond motifs is 1. The highest BCUT2D eigenvalue weighted by atomic mass is 79.9. The third kappa shape index (κ3) is 2.71. The van der Waals surface area contributed by atoms with E-state index in [1.54, 1.807) is 0 Å². The molecule has 2 aromatic carbocycles. The van der Waals surface area contributed by atoms with Gasteiger partial charge in [-0.1, -0.05) is 0 Å². The highest BCUT2D eigenvalue weighted by Crippen LogP contribution is 2.43. The van der Waals surface area contributed by atoms with Crippen LogP contribution in [0.5, 0.6) is 11.5 Å². The fraction of sp³-hybridized carbons (Fsp3) is 0.0769. The number of alkyl halides is 2. The molecular weight excluding hydrogens is 353 g/mol. The van der Waals surface area contributed by atoms with E-state index in [0.29, 0.717) is 17.1 Å². The Morgan fingerprint density at radius 1 is 1.10 bits per heavy atom. The first kappa shape index (κ1) is 13.9. The van der Waals surface area contributed by atoms with Crippen molar-refractivity contribution in [2.24, 2.45) is 0 Å². The van der Waals surface area contributed by atoms with Crippen LogP contribution in [0.25, 0.3) is 0 Å². The van der Waals surface area contributed by atoms with Crippen molar-refractivity contribution in [2.75, 3.05) is 11.1 Å². The molecule has 0 atom stereocenters. The minimum Gasteiger partial charge on any atom is -0.397 e. The Hall–Kier alpha value is -2.09. The summed E-state index contributed by atoms with van der Waals surface area (Å²) in [6.07, 6.45) is -3.68. The zero-order valence-electron chi connectivity index (χ0n) is 10.3. The van der Waals surface area contributed by atoms with Crippen LogP contribution >= 0.6 is 15.9 Å². The summed E-state index contributed by atoms with van der Waals surface area (Å²) in [5, 5.41) is 2.83. The van der Waals surface area contributed by atoms with Crippen molar-refractivity contribution >= 4 is 33.0 Å². The van der Waals surface area contributed by atoms with Crippen LogP contribution in [0.1, 0.15) is 0 Å². The van der Waals surface area contributed by atoms with Crippen molar-refractivity contribution in [2.45, 2.75) is 6.29 Å². The fourth-order valence-electron chi connectivity index (χ4n) is 1.85. The average Bonchev–Trinajstić information content (AvgIpc) is 2.69. The maximum atomic E-state index is 13.5. The SMILES string of the molecule is Nc1cc(Br)c(F)cc1Nc1ccc2c(c1)OC(F)(F)O2. The predicted octanol–water partition coefficient (Wildman–Crippen LogP) is 4.24. The van der Waals surface area contributed by atoms with E-state index in [1.165, 1.54) is 30.3 Å². The maximum absolute atomic E-state index is 13.5. The number of halogens is 4. The molecule has 1 heterocycles. The molecule has 3 N–H and O–H groups in total. The monoisotopic (exact) mass is 360 g/mol. The van der Waals surface area contributed by atoms with Gasteiger partial charge in [-0.25, -0.2) is 4.39 Å². The van der Waals surface area contributed by atoms with Gasteiger partial charge >= 0.3 is 6.29 Å². The Balaban J connectivity index is 1.89. The molecule has 0 radical (unpaired) electrons. The van der Waals surface area contributed by atoms with E-state index in [4.69, 9.17) is 5.73 Å². The van der Waals surface area contributed by atoms with Crippen molar-refractivity contribution in [3.63, 3.8) is 0 Å². The van der Waals surface area contributed by atoms with Crippen molar-refractivity contribution in [1.29, 1.82) is 0 Å². The van der Waals surface area contributed by atoms with Gasteiger partial charge < -0.3 is 20.5 Å². The first-order chi connectivity index (χ1) is 9.84. The Morgan fingerprint density at radius 2 is 1.81 bits per heavy atom. The van der Waals surface area contributed by atoms with Crippen LogP contribution in [0.15, 0.2) is 34.8 Å². The number of anilines is 3. The second-order valence-corrected chi connectivity index (χ2v) is 5.16. The first-order valence-corrected chi connectivity index (χ1v) is 6.55. The lowest BCUT2D eigenvalue weighted by Crippen LogP contribution is -2.25. The molecule has 0 saturated heterocycles. The van der Waals surface area contributed by atoms with Gasteiger partial charge in [0.1, 0.15) is 5.82 Å². The lowest BCUT2D eigenvalue weighted by molar-refractivity contribution is -0.286. The molecule has 0 aromatic heterocycles.